The molecule has 1 unspecified atom stereocenters. The molecule has 1 aromatic rings. The third kappa shape index (κ3) is 5.35. The molecule has 0 aliphatic rings. The van der Waals surface area contributed by atoms with E-state index >= 15 is 0 Å². The summed E-state index contributed by atoms with van der Waals surface area (Å²) in [5.74, 6) is 1.57. The summed E-state index contributed by atoms with van der Waals surface area (Å²) in [4.78, 5) is 11.6. The standard InChI is InChI=1S/C18H27ClO2/c1-5-10-21-18-11-13(4)17(19)12-16(18)14(6-2)8-9-15(20)7-3/h11-12,14H,5-10H2,1-4H3. The van der Waals surface area contributed by atoms with E-state index in [0.29, 0.717) is 31.1 Å². The summed E-state index contributed by atoms with van der Waals surface area (Å²) in [6.07, 6.45) is 4.08. The first-order valence-electron chi connectivity index (χ1n) is 7.97. The molecule has 0 heterocycles. The number of aryl methyl sites for hydroxylation is 1. The van der Waals surface area contributed by atoms with Crippen molar-refractivity contribution in [2.45, 2.75) is 65.7 Å². The monoisotopic (exact) mass is 310 g/mol. The Bertz CT molecular complexity index is 469. The summed E-state index contributed by atoms with van der Waals surface area (Å²) in [6.45, 7) is 8.87. The summed E-state index contributed by atoms with van der Waals surface area (Å²) in [5.41, 5.74) is 2.18. The number of ketones is 1. The molecule has 1 atom stereocenters. The van der Waals surface area contributed by atoms with Crippen LogP contribution in [0.3, 0.4) is 0 Å². The second kappa shape index (κ2) is 9.09. The fourth-order valence-electron chi connectivity index (χ4n) is 2.42. The highest BCUT2D eigenvalue weighted by molar-refractivity contribution is 6.31. The van der Waals surface area contributed by atoms with Crippen LogP contribution in [0.5, 0.6) is 5.75 Å². The lowest BCUT2D eigenvalue weighted by Crippen LogP contribution is -2.06. The molecule has 3 heteroatoms. The number of hydrogen-bond donors (Lipinski definition) is 0. The number of rotatable bonds is 9. The van der Waals surface area contributed by atoms with Crippen LogP contribution in [0, 0.1) is 6.92 Å². The zero-order chi connectivity index (χ0) is 15.8. The SMILES string of the molecule is CCCOc1cc(C)c(Cl)cc1C(CC)CCC(=O)CC. The van der Waals surface area contributed by atoms with Gasteiger partial charge in [-0.25, -0.2) is 0 Å². The molecular formula is C18H27ClO2. The van der Waals surface area contributed by atoms with Crippen LogP contribution >= 0.6 is 11.6 Å². The lowest BCUT2D eigenvalue weighted by molar-refractivity contribution is -0.118. The topological polar surface area (TPSA) is 26.3 Å². The molecule has 0 N–H and O–H groups in total. The highest BCUT2D eigenvalue weighted by Gasteiger charge is 2.17. The van der Waals surface area contributed by atoms with E-state index in [1.165, 1.54) is 0 Å². The Balaban J connectivity index is 2.99. The zero-order valence-corrected chi connectivity index (χ0v) is 14.4. The van der Waals surface area contributed by atoms with Crippen molar-refractivity contribution in [1.82, 2.24) is 0 Å². The third-order valence-corrected chi connectivity index (χ3v) is 4.26. The normalized spacial score (nSPS) is 12.2. The van der Waals surface area contributed by atoms with E-state index in [1.807, 2.05) is 26.0 Å². The van der Waals surface area contributed by atoms with E-state index in [2.05, 4.69) is 13.8 Å². The van der Waals surface area contributed by atoms with Crippen LogP contribution < -0.4 is 4.74 Å². The minimum atomic E-state index is 0.322. The van der Waals surface area contributed by atoms with Gasteiger partial charge < -0.3 is 4.74 Å². The number of benzene rings is 1. The highest BCUT2D eigenvalue weighted by Crippen LogP contribution is 2.36. The van der Waals surface area contributed by atoms with Gasteiger partial charge in [0, 0.05) is 17.9 Å². The van der Waals surface area contributed by atoms with Gasteiger partial charge in [0.05, 0.1) is 6.61 Å². The smallest absolute Gasteiger partial charge is 0.132 e. The predicted octanol–water partition coefficient (Wildman–Crippen LogP) is 5.69. The summed E-state index contributed by atoms with van der Waals surface area (Å²) in [6, 6.07) is 4.05. The molecule has 2 nitrogen and oxygen atoms in total. The highest BCUT2D eigenvalue weighted by atomic mass is 35.5. The van der Waals surface area contributed by atoms with E-state index < -0.39 is 0 Å². The fourth-order valence-corrected chi connectivity index (χ4v) is 2.59. The predicted molar refractivity (Wildman–Crippen MR) is 89.5 cm³/mol. The Kier molecular flexibility index (Phi) is 7.81. The maximum Gasteiger partial charge on any atom is 0.132 e. The second-order valence-corrected chi connectivity index (χ2v) is 5.93. The van der Waals surface area contributed by atoms with Gasteiger partial charge in [-0.15, -0.1) is 0 Å². The van der Waals surface area contributed by atoms with Gasteiger partial charge in [0.2, 0.25) is 0 Å². The maximum atomic E-state index is 11.6. The minimum Gasteiger partial charge on any atom is -0.493 e. The molecule has 0 spiro atoms. The fraction of sp³-hybridized carbons (Fsp3) is 0.611. The van der Waals surface area contributed by atoms with Gasteiger partial charge in [0.1, 0.15) is 11.5 Å². The summed E-state index contributed by atoms with van der Waals surface area (Å²) in [5, 5.41) is 0.772. The van der Waals surface area contributed by atoms with Gasteiger partial charge in [-0.2, -0.15) is 0 Å². The van der Waals surface area contributed by atoms with Crippen molar-refractivity contribution in [1.29, 1.82) is 0 Å². The van der Waals surface area contributed by atoms with Gasteiger partial charge in [-0.3, -0.25) is 4.79 Å². The van der Waals surface area contributed by atoms with Crippen LogP contribution in [0.4, 0.5) is 0 Å². The van der Waals surface area contributed by atoms with Crippen molar-refractivity contribution in [3.05, 3.63) is 28.3 Å². The van der Waals surface area contributed by atoms with E-state index in [1.54, 1.807) is 0 Å². The van der Waals surface area contributed by atoms with E-state index in [9.17, 15) is 4.79 Å². The van der Waals surface area contributed by atoms with Crippen molar-refractivity contribution < 1.29 is 9.53 Å². The summed E-state index contributed by atoms with van der Waals surface area (Å²) in [7, 11) is 0. The van der Waals surface area contributed by atoms with Gasteiger partial charge in [-0.05, 0) is 55.4 Å². The largest absolute Gasteiger partial charge is 0.493 e. The molecule has 1 aromatic carbocycles. The Morgan fingerprint density at radius 2 is 2.00 bits per heavy atom. The van der Waals surface area contributed by atoms with Crippen LogP contribution in [0.15, 0.2) is 12.1 Å². The van der Waals surface area contributed by atoms with E-state index in [4.69, 9.17) is 16.3 Å². The molecule has 1 rings (SSSR count). The van der Waals surface area contributed by atoms with Crippen molar-refractivity contribution in [3.8, 4) is 5.75 Å². The zero-order valence-electron chi connectivity index (χ0n) is 13.7. The maximum absolute atomic E-state index is 11.6. The molecular weight excluding hydrogens is 284 g/mol. The summed E-state index contributed by atoms with van der Waals surface area (Å²) >= 11 is 6.29. The molecule has 0 aromatic heterocycles. The van der Waals surface area contributed by atoms with Crippen LogP contribution in [-0.4, -0.2) is 12.4 Å². The molecule has 0 aliphatic carbocycles. The number of carbonyl (C=O) groups is 1. The Morgan fingerprint density at radius 1 is 1.29 bits per heavy atom. The quantitative estimate of drug-likeness (QED) is 0.585. The molecule has 0 saturated carbocycles. The molecule has 0 radical (unpaired) electrons. The molecule has 0 amide bonds. The first-order chi connectivity index (χ1) is 10.0. The second-order valence-electron chi connectivity index (χ2n) is 5.52. The molecule has 0 fully saturated rings. The molecule has 0 saturated heterocycles. The number of carbonyl (C=O) groups excluding carboxylic acids is 1. The van der Waals surface area contributed by atoms with Gasteiger partial charge >= 0.3 is 0 Å². The van der Waals surface area contributed by atoms with E-state index in [-0.39, 0.29) is 0 Å². The molecule has 0 aliphatic heterocycles. The Labute approximate surface area is 133 Å². The number of hydrogen-bond acceptors (Lipinski definition) is 2. The molecule has 21 heavy (non-hydrogen) atoms. The van der Waals surface area contributed by atoms with Crippen LogP contribution in [-0.2, 0) is 4.79 Å². The van der Waals surface area contributed by atoms with E-state index in [0.717, 1.165) is 41.2 Å². The van der Waals surface area contributed by atoms with Crippen molar-refractivity contribution >= 4 is 17.4 Å². The van der Waals surface area contributed by atoms with Crippen molar-refractivity contribution in [3.63, 3.8) is 0 Å². The Morgan fingerprint density at radius 3 is 2.57 bits per heavy atom. The van der Waals surface area contributed by atoms with Gasteiger partial charge in [-0.1, -0.05) is 32.4 Å². The Hall–Kier alpha value is -1.02. The van der Waals surface area contributed by atoms with Gasteiger partial charge in [0.25, 0.3) is 0 Å². The third-order valence-electron chi connectivity index (χ3n) is 3.85. The number of Topliss-reactive ketones (excluding diaryl/α,β-unsaturated/α-hetero) is 1. The number of halogens is 1. The molecule has 0 bridgehead atoms. The van der Waals surface area contributed by atoms with Gasteiger partial charge in [0.15, 0.2) is 0 Å². The lowest BCUT2D eigenvalue weighted by Gasteiger charge is -2.20. The van der Waals surface area contributed by atoms with Crippen LogP contribution in [0.25, 0.3) is 0 Å². The summed E-state index contributed by atoms with van der Waals surface area (Å²) < 4.78 is 5.89. The number of ether oxygens (including phenoxy) is 1. The minimum absolute atomic E-state index is 0.322. The average Bonchev–Trinajstić information content (AvgIpc) is 2.49. The van der Waals surface area contributed by atoms with Crippen LogP contribution in [0.1, 0.15) is 69.9 Å². The lowest BCUT2D eigenvalue weighted by atomic mass is 9.89. The first-order valence-corrected chi connectivity index (χ1v) is 8.35. The van der Waals surface area contributed by atoms with Crippen molar-refractivity contribution in [2.75, 3.05) is 6.61 Å². The van der Waals surface area contributed by atoms with Crippen LogP contribution in [0.2, 0.25) is 5.02 Å². The molecule has 118 valence electrons. The average molecular weight is 311 g/mol. The first kappa shape index (κ1) is 18.0. The van der Waals surface area contributed by atoms with Crippen molar-refractivity contribution in [2.24, 2.45) is 0 Å².